The first-order valence-electron chi connectivity index (χ1n) is 10.1. The molecule has 1 amide bonds. The van der Waals surface area contributed by atoms with E-state index in [1.54, 1.807) is 23.5 Å². The molecular formula is C23H25FN4OS. The Morgan fingerprint density at radius 2 is 1.83 bits per heavy atom. The Morgan fingerprint density at radius 3 is 2.57 bits per heavy atom. The molecule has 1 aliphatic heterocycles. The predicted molar refractivity (Wildman–Crippen MR) is 119 cm³/mol. The third-order valence-electron chi connectivity index (χ3n) is 5.19. The summed E-state index contributed by atoms with van der Waals surface area (Å²) in [5.41, 5.74) is 3.30. The van der Waals surface area contributed by atoms with Gasteiger partial charge in [0.05, 0.1) is 17.9 Å². The van der Waals surface area contributed by atoms with Crippen LogP contribution in [0.4, 0.5) is 10.1 Å². The summed E-state index contributed by atoms with van der Waals surface area (Å²) in [6.45, 7) is 6.28. The summed E-state index contributed by atoms with van der Waals surface area (Å²) in [4.78, 5) is 21.5. The Morgan fingerprint density at radius 1 is 1.10 bits per heavy atom. The molecule has 0 radical (unpaired) electrons. The normalized spacial score (nSPS) is 15.3. The van der Waals surface area contributed by atoms with Gasteiger partial charge < -0.3 is 5.32 Å². The first kappa shape index (κ1) is 20.7. The van der Waals surface area contributed by atoms with Crippen molar-refractivity contribution < 1.29 is 9.18 Å². The van der Waals surface area contributed by atoms with Crippen LogP contribution < -0.4 is 5.32 Å². The van der Waals surface area contributed by atoms with Crippen molar-refractivity contribution in [1.82, 2.24) is 14.8 Å². The van der Waals surface area contributed by atoms with E-state index < -0.39 is 5.82 Å². The van der Waals surface area contributed by atoms with Crippen LogP contribution in [0, 0.1) is 12.7 Å². The van der Waals surface area contributed by atoms with Gasteiger partial charge in [-0.15, -0.1) is 11.3 Å². The maximum atomic E-state index is 13.9. The minimum atomic E-state index is -0.397. The largest absolute Gasteiger partial charge is 0.322 e. The summed E-state index contributed by atoms with van der Waals surface area (Å²) in [6.07, 6.45) is 0. The highest BCUT2D eigenvalue weighted by Crippen LogP contribution is 2.24. The van der Waals surface area contributed by atoms with Crippen molar-refractivity contribution in [2.45, 2.75) is 13.5 Å². The Bertz CT molecular complexity index is 999. The minimum absolute atomic E-state index is 0.182. The van der Waals surface area contributed by atoms with Crippen LogP contribution in [-0.2, 0) is 11.3 Å². The molecule has 5 nitrogen and oxygen atoms in total. The number of thiazole rings is 1. The molecule has 2 heterocycles. The van der Waals surface area contributed by atoms with Crippen molar-refractivity contribution in [3.8, 4) is 10.6 Å². The second-order valence-electron chi connectivity index (χ2n) is 7.59. The Balaban J connectivity index is 1.24. The fraction of sp³-hybridized carbons (Fsp3) is 0.304. The van der Waals surface area contributed by atoms with Crippen LogP contribution in [-0.4, -0.2) is 53.4 Å². The van der Waals surface area contributed by atoms with E-state index in [1.807, 2.05) is 25.1 Å². The summed E-state index contributed by atoms with van der Waals surface area (Å²) >= 11 is 1.67. The summed E-state index contributed by atoms with van der Waals surface area (Å²) in [6, 6.07) is 15.0. The van der Waals surface area contributed by atoms with E-state index in [4.69, 9.17) is 4.98 Å². The molecule has 30 heavy (non-hydrogen) atoms. The molecule has 2 aromatic carbocycles. The van der Waals surface area contributed by atoms with Crippen LogP contribution in [0.15, 0.2) is 53.9 Å². The number of hydrogen-bond acceptors (Lipinski definition) is 5. The Kier molecular flexibility index (Phi) is 6.52. The fourth-order valence-electron chi connectivity index (χ4n) is 3.54. The van der Waals surface area contributed by atoms with Crippen LogP contribution in [0.25, 0.3) is 10.6 Å². The van der Waals surface area contributed by atoms with Gasteiger partial charge in [0, 0.05) is 43.7 Å². The van der Waals surface area contributed by atoms with Gasteiger partial charge in [-0.3, -0.25) is 14.6 Å². The molecule has 1 saturated heterocycles. The molecule has 0 spiro atoms. The number of aromatic nitrogens is 1. The molecule has 0 aliphatic carbocycles. The van der Waals surface area contributed by atoms with Crippen molar-refractivity contribution in [3.05, 3.63) is 71.0 Å². The lowest BCUT2D eigenvalue weighted by Gasteiger charge is -2.33. The highest BCUT2D eigenvalue weighted by molar-refractivity contribution is 7.13. The molecule has 1 fully saturated rings. The zero-order valence-corrected chi connectivity index (χ0v) is 17.8. The molecular weight excluding hydrogens is 399 g/mol. The number of anilines is 1. The molecule has 0 bridgehead atoms. The number of piperazine rings is 1. The number of carbonyl (C=O) groups is 1. The minimum Gasteiger partial charge on any atom is -0.322 e. The highest BCUT2D eigenvalue weighted by Gasteiger charge is 2.20. The predicted octanol–water partition coefficient (Wildman–Crippen LogP) is 4.01. The molecule has 0 unspecified atom stereocenters. The van der Waals surface area contributed by atoms with Crippen molar-refractivity contribution in [3.63, 3.8) is 0 Å². The average molecular weight is 425 g/mol. The van der Waals surface area contributed by atoms with E-state index in [-0.39, 0.29) is 18.1 Å². The van der Waals surface area contributed by atoms with Crippen LogP contribution in [0.2, 0.25) is 0 Å². The van der Waals surface area contributed by atoms with Gasteiger partial charge in [-0.25, -0.2) is 9.37 Å². The quantitative estimate of drug-likeness (QED) is 0.650. The van der Waals surface area contributed by atoms with Crippen LogP contribution in [0.3, 0.4) is 0 Å². The molecule has 7 heteroatoms. The summed E-state index contributed by atoms with van der Waals surface area (Å²) < 4.78 is 13.9. The number of rotatable bonds is 6. The lowest BCUT2D eigenvalue weighted by atomic mass is 10.2. The van der Waals surface area contributed by atoms with Crippen LogP contribution >= 0.6 is 11.3 Å². The molecule has 0 saturated carbocycles. The molecule has 4 rings (SSSR count). The number of nitrogens with one attached hydrogen (secondary N) is 1. The zero-order chi connectivity index (χ0) is 20.9. The zero-order valence-electron chi connectivity index (χ0n) is 17.0. The number of nitrogens with zero attached hydrogens (tertiary/aromatic N) is 3. The number of hydrogen-bond donors (Lipinski definition) is 1. The Labute approximate surface area is 180 Å². The second kappa shape index (κ2) is 9.47. The van der Waals surface area contributed by atoms with Gasteiger partial charge in [0.25, 0.3) is 0 Å². The van der Waals surface area contributed by atoms with Gasteiger partial charge in [0.15, 0.2) is 0 Å². The van der Waals surface area contributed by atoms with E-state index in [9.17, 15) is 9.18 Å². The summed E-state index contributed by atoms with van der Waals surface area (Å²) in [5.74, 6) is -0.579. The van der Waals surface area contributed by atoms with E-state index in [1.165, 1.54) is 6.07 Å². The first-order chi connectivity index (χ1) is 14.6. The summed E-state index contributed by atoms with van der Waals surface area (Å²) in [5, 5.41) is 5.85. The van der Waals surface area contributed by atoms with E-state index in [0.29, 0.717) is 0 Å². The maximum Gasteiger partial charge on any atom is 0.238 e. The lowest BCUT2D eigenvalue weighted by Crippen LogP contribution is -2.48. The number of halogens is 1. The van der Waals surface area contributed by atoms with Crippen LogP contribution in [0.5, 0.6) is 0 Å². The van der Waals surface area contributed by atoms with Gasteiger partial charge in [-0.2, -0.15) is 0 Å². The molecule has 1 aromatic heterocycles. The SMILES string of the molecule is Cc1ccc(NC(=O)CN2CCN(Cc3csc(-c4ccccc4)n3)CC2)c(F)c1. The smallest absolute Gasteiger partial charge is 0.238 e. The fourth-order valence-corrected chi connectivity index (χ4v) is 4.36. The van der Waals surface area contributed by atoms with Gasteiger partial charge in [0.1, 0.15) is 10.8 Å². The maximum absolute atomic E-state index is 13.9. The van der Waals surface area contributed by atoms with Crippen LogP contribution in [0.1, 0.15) is 11.3 Å². The van der Waals surface area contributed by atoms with Crippen molar-refractivity contribution in [2.75, 3.05) is 38.0 Å². The molecule has 0 atom stereocenters. The molecule has 3 aromatic rings. The second-order valence-corrected chi connectivity index (χ2v) is 8.45. The van der Waals surface area contributed by atoms with E-state index >= 15 is 0 Å². The summed E-state index contributed by atoms with van der Waals surface area (Å²) in [7, 11) is 0. The van der Waals surface area contributed by atoms with Crippen molar-refractivity contribution in [1.29, 1.82) is 0 Å². The van der Waals surface area contributed by atoms with Gasteiger partial charge in [-0.1, -0.05) is 36.4 Å². The third-order valence-corrected chi connectivity index (χ3v) is 6.13. The number of carbonyl (C=O) groups excluding carboxylic acids is 1. The van der Waals surface area contributed by atoms with Gasteiger partial charge in [-0.05, 0) is 24.6 Å². The number of benzene rings is 2. The van der Waals surface area contributed by atoms with Crippen molar-refractivity contribution in [2.24, 2.45) is 0 Å². The number of aryl methyl sites for hydroxylation is 1. The van der Waals surface area contributed by atoms with E-state index in [0.717, 1.165) is 54.6 Å². The lowest BCUT2D eigenvalue weighted by molar-refractivity contribution is -0.117. The highest BCUT2D eigenvalue weighted by atomic mass is 32.1. The average Bonchev–Trinajstić information content (AvgIpc) is 3.21. The monoisotopic (exact) mass is 424 g/mol. The Hall–Kier alpha value is -2.61. The molecule has 156 valence electrons. The molecule has 1 aliphatic rings. The van der Waals surface area contributed by atoms with Gasteiger partial charge in [0.2, 0.25) is 5.91 Å². The van der Waals surface area contributed by atoms with Crippen molar-refractivity contribution >= 4 is 22.9 Å². The van der Waals surface area contributed by atoms with E-state index in [2.05, 4.69) is 32.6 Å². The topological polar surface area (TPSA) is 48.5 Å². The first-order valence-corrected chi connectivity index (χ1v) is 11.0. The van der Waals surface area contributed by atoms with Gasteiger partial charge >= 0.3 is 0 Å². The molecule has 1 N–H and O–H groups in total. The number of amides is 1. The third kappa shape index (κ3) is 5.30. The standard InChI is InChI=1S/C23H25FN4OS/c1-17-7-8-21(20(24)13-17)26-22(29)15-28-11-9-27(10-12-28)14-19-16-30-23(25-19)18-5-3-2-4-6-18/h2-8,13,16H,9-12,14-15H2,1H3,(H,26,29).